The lowest BCUT2D eigenvalue weighted by Gasteiger charge is -2.12. The summed E-state index contributed by atoms with van der Waals surface area (Å²) in [4.78, 5) is 12.7. The molecule has 0 saturated carbocycles. The lowest BCUT2D eigenvalue weighted by atomic mass is 10.3. The van der Waals surface area contributed by atoms with Gasteiger partial charge in [-0.15, -0.1) is 11.3 Å². The summed E-state index contributed by atoms with van der Waals surface area (Å²) in [7, 11) is 1.33. The number of carbonyl (C=O) groups excluding carboxylic acids is 1. The predicted molar refractivity (Wildman–Crippen MR) is 96.7 cm³/mol. The van der Waals surface area contributed by atoms with Crippen molar-refractivity contribution in [1.82, 2.24) is 0 Å². The van der Waals surface area contributed by atoms with Gasteiger partial charge in [0, 0.05) is 4.88 Å². The summed E-state index contributed by atoms with van der Waals surface area (Å²) in [6.45, 7) is 1.90. The average Bonchev–Trinajstić information content (AvgIpc) is 2.83. The van der Waals surface area contributed by atoms with E-state index in [1.807, 2.05) is 6.92 Å². The van der Waals surface area contributed by atoms with Gasteiger partial charge in [-0.2, -0.15) is 0 Å². The summed E-state index contributed by atoms with van der Waals surface area (Å²) >= 11 is 18.7. The van der Waals surface area contributed by atoms with Crippen molar-refractivity contribution >= 4 is 68.5 Å². The Labute approximate surface area is 147 Å². The molecule has 0 saturated heterocycles. The Morgan fingerprint density at radius 3 is 2.73 bits per heavy atom. The van der Waals surface area contributed by atoms with Gasteiger partial charge in [0.25, 0.3) is 0 Å². The molecule has 0 amide bonds. The highest BCUT2D eigenvalue weighted by Crippen LogP contribution is 2.31. The second kappa shape index (κ2) is 7.28. The second-order valence-corrected chi connectivity index (χ2v) is 6.72. The van der Waals surface area contributed by atoms with E-state index in [-0.39, 0.29) is 0 Å². The Bertz CT molecular complexity index is 732. The number of carbonyl (C=O) groups is 1. The number of benzene rings is 1. The number of aryl methyl sites for hydroxylation is 1. The maximum absolute atomic E-state index is 11.7. The average molecular weight is 375 g/mol. The molecule has 4 nitrogen and oxygen atoms in total. The van der Waals surface area contributed by atoms with E-state index >= 15 is 0 Å². The van der Waals surface area contributed by atoms with E-state index in [0.717, 1.165) is 4.88 Å². The number of anilines is 2. The monoisotopic (exact) mass is 374 g/mol. The number of rotatable bonds is 3. The Hall–Kier alpha value is -1.34. The van der Waals surface area contributed by atoms with Crippen LogP contribution in [0.2, 0.25) is 10.0 Å². The van der Waals surface area contributed by atoms with Crippen molar-refractivity contribution in [1.29, 1.82) is 0 Å². The van der Waals surface area contributed by atoms with Crippen LogP contribution in [0.15, 0.2) is 24.3 Å². The number of thiophene rings is 1. The van der Waals surface area contributed by atoms with Gasteiger partial charge in [0.1, 0.15) is 5.00 Å². The van der Waals surface area contributed by atoms with Crippen LogP contribution in [0.1, 0.15) is 15.2 Å². The Morgan fingerprint density at radius 1 is 1.32 bits per heavy atom. The highest BCUT2D eigenvalue weighted by Gasteiger charge is 2.16. The van der Waals surface area contributed by atoms with Gasteiger partial charge in [-0.1, -0.05) is 29.3 Å². The summed E-state index contributed by atoms with van der Waals surface area (Å²) in [6.07, 6.45) is 0. The molecule has 0 bridgehead atoms. The predicted octanol–water partition coefficient (Wildman–Crippen LogP) is 4.96. The van der Waals surface area contributed by atoms with Crippen molar-refractivity contribution in [3.05, 3.63) is 44.8 Å². The van der Waals surface area contributed by atoms with Crippen LogP contribution in [0.4, 0.5) is 10.7 Å². The largest absolute Gasteiger partial charge is 0.465 e. The molecule has 1 aromatic heterocycles. The topological polar surface area (TPSA) is 50.4 Å². The number of hydrogen-bond acceptors (Lipinski definition) is 4. The highest BCUT2D eigenvalue weighted by atomic mass is 35.5. The van der Waals surface area contributed by atoms with E-state index in [2.05, 4.69) is 10.6 Å². The van der Waals surface area contributed by atoms with Crippen LogP contribution >= 0.6 is 46.8 Å². The van der Waals surface area contributed by atoms with Crippen molar-refractivity contribution in [2.45, 2.75) is 6.92 Å². The van der Waals surface area contributed by atoms with Crippen molar-refractivity contribution in [2.75, 3.05) is 17.7 Å². The van der Waals surface area contributed by atoms with Crippen molar-refractivity contribution < 1.29 is 9.53 Å². The van der Waals surface area contributed by atoms with Gasteiger partial charge >= 0.3 is 5.97 Å². The minimum atomic E-state index is -0.421. The van der Waals surface area contributed by atoms with Crippen molar-refractivity contribution in [3.63, 3.8) is 0 Å². The molecular weight excluding hydrogens is 363 g/mol. The molecule has 0 unspecified atom stereocenters. The van der Waals surface area contributed by atoms with E-state index in [1.54, 1.807) is 24.3 Å². The molecule has 0 fully saturated rings. The number of ether oxygens (including phenoxy) is 1. The zero-order chi connectivity index (χ0) is 16.3. The van der Waals surface area contributed by atoms with Gasteiger partial charge in [0.05, 0.1) is 28.4 Å². The van der Waals surface area contributed by atoms with Gasteiger partial charge in [-0.3, -0.25) is 0 Å². The lowest BCUT2D eigenvalue weighted by molar-refractivity contribution is 0.0602. The molecule has 2 aromatic rings. The number of esters is 1. The van der Waals surface area contributed by atoms with Crippen molar-refractivity contribution in [2.24, 2.45) is 0 Å². The van der Waals surface area contributed by atoms with Crippen LogP contribution in [0.5, 0.6) is 0 Å². The third kappa shape index (κ3) is 3.89. The molecule has 0 spiro atoms. The molecule has 2 rings (SSSR count). The lowest BCUT2D eigenvalue weighted by Crippen LogP contribution is -2.20. The third-order valence-corrected chi connectivity index (χ3v) is 4.68. The second-order valence-electron chi connectivity index (χ2n) is 4.27. The number of halogens is 2. The standard InChI is InChI=1S/C14H12Cl2N2O2S2/c1-7-6-8(13(19)20-2)12(22-7)18-14(21)17-10-5-3-4-9(15)11(10)16/h3-6H,1-2H3,(H2,17,18,21). The molecular formula is C14H12Cl2N2O2S2. The summed E-state index contributed by atoms with van der Waals surface area (Å²) in [5, 5.41) is 7.65. The molecule has 0 aliphatic carbocycles. The number of thiocarbonyl (C=S) groups is 1. The first-order chi connectivity index (χ1) is 10.4. The molecule has 0 aliphatic heterocycles. The first-order valence-electron chi connectivity index (χ1n) is 6.13. The fraction of sp³-hybridized carbons (Fsp3) is 0.143. The fourth-order valence-corrected chi connectivity index (χ4v) is 3.25. The van der Waals surface area contributed by atoms with E-state index in [1.165, 1.54) is 18.4 Å². The quantitative estimate of drug-likeness (QED) is 0.587. The van der Waals surface area contributed by atoms with Gasteiger partial charge in [-0.05, 0) is 37.3 Å². The van der Waals surface area contributed by atoms with E-state index < -0.39 is 5.97 Å². The summed E-state index contributed by atoms with van der Waals surface area (Å²) in [6, 6.07) is 6.94. The summed E-state index contributed by atoms with van der Waals surface area (Å²) < 4.78 is 4.75. The maximum Gasteiger partial charge on any atom is 0.340 e. The Morgan fingerprint density at radius 2 is 2.05 bits per heavy atom. The SMILES string of the molecule is COC(=O)c1cc(C)sc1NC(=S)Nc1cccc(Cl)c1Cl. The molecule has 0 aliphatic rings. The molecule has 1 aromatic carbocycles. The molecule has 0 atom stereocenters. The molecule has 0 radical (unpaired) electrons. The van der Waals surface area contributed by atoms with Gasteiger partial charge in [-0.25, -0.2) is 4.79 Å². The van der Waals surface area contributed by atoms with Crippen LogP contribution < -0.4 is 10.6 Å². The van der Waals surface area contributed by atoms with Gasteiger partial charge in [0.15, 0.2) is 5.11 Å². The van der Waals surface area contributed by atoms with Crippen LogP contribution in [-0.4, -0.2) is 18.2 Å². The summed E-state index contributed by atoms with van der Waals surface area (Å²) in [5.41, 5.74) is 1.02. The number of nitrogens with one attached hydrogen (secondary N) is 2. The fourth-order valence-electron chi connectivity index (χ4n) is 1.73. The molecule has 116 valence electrons. The summed E-state index contributed by atoms with van der Waals surface area (Å²) in [5.74, 6) is -0.421. The molecule has 8 heteroatoms. The maximum atomic E-state index is 11.7. The number of hydrogen-bond donors (Lipinski definition) is 2. The van der Waals surface area contributed by atoms with Crippen molar-refractivity contribution in [3.8, 4) is 0 Å². The molecule has 2 N–H and O–H groups in total. The van der Waals surface area contributed by atoms with Crippen LogP contribution in [-0.2, 0) is 4.74 Å². The highest BCUT2D eigenvalue weighted by molar-refractivity contribution is 7.80. The van der Waals surface area contributed by atoms with Gasteiger partial charge < -0.3 is 15.4 Å². The number of methoxy groups -OCH3 is 1. The zero-order valence-electron chi connectivity index (χ0n) is 11.7. The van der Waals surface area contributed by atoms with Crippen LogP contribution in [0.25, 0.3) is 0 Å². The van der Waals surface area contributed by atoms with Gasteiger partial charge in [0.2, 0.25) is 0 Å². The minimum absolute atomic E-state index is 0.302. The van der Waals surface area contributed by atoms with E-state index in [0.29, 0.717) is 31.4 Å². The zero-order valence-corrected chi connectivity index (χ0v) is 14.8. The Balaban J connectivity index is 2.16. The first-order valence-corrected chi connectivity index (χ1v) is 8.11. The van der Waals surface area contributed by atoms with E-state index in [4.69, 9.17) is 40.2 Å². The molecule has 1 heterocycles. The minimum Gasteiger partial charge on any atom is -0.465 e. The smallest absolute Gasteiger partial charge is 0.340 e. The normalized spacial score (nSPS) is 10.2. The van der Waals surface area contributed by atoms with E-state index in [9.17, 15) is 4.79 Å². The third-order valence-electron chi connectivity index (χ3n) is 2.69. The molecule has 22 heavy (non-hydrogen) atoms. The van der Waals surface area contributed by atoms with Crippen LogP contribution in [0.3, 0.4) is 0 Å². The van der Waals surface area contributed by atoms with Crippen LogP contribution in [0, 0.1) is 6.92 Å². The Kier molecular flexibility index (Phi) is 5.63. The first kappa shape index (κ1) is 17.0.